The van der Waals surface area contributed by atoms with Gasteiger partial charge >= 0.3 is 0 Å². The van der Waals surface area contributed by atoms with Gasteiger partial charge in [-0.05, 0) is 32.8 Å². The van der Waals surface area contributed by atoms with Gasteiger partial charge in [-0.1, -0.05) is 0 Å². The van der Waals surface area contributed by atoms with Crippen LogP contribution in [0.2, 0.25) is 0 Å². The first-order valence-electron chi connectivity index (χ1n) is 6.00. The molecule has 17 heavy (non-hydrogen) atoms. The van der Waals surface area contributed by atoms with Gasteiger partial charge in [0.05, 0.1) is 5.60 Å². The van der Waals surface area contributed by atoms with Crippen molar-refractivity contribution < 1.29 is 4.74 Å². The molecule has 0 spiro atoms. The SMILES string of the molecule is CNc1nccc(NC2CCOC(C)(C)C2)n1. The van der Waals surface area contributed by atoms with E-state index in [1.165, 1.54) is 0 Å². The number of hydrogen-bond acceptors (Lipinski definition) is 5. The largest absolute Gasteiger partial charge is 0.375 e. The first-order chi connectivity index (χ1) is 8.09. The van der Waals surface area contributed by atoms with E-state index in [1.54, 1.807) is 6.20 Å². The number of nitrogens with zero attached hydrogens (tertiary/aromatic N) is 2. The van der Waals surface area contributed by atoms with Gasteiger partial charge in [0.15, 0.2) is 0 Å². The molecule has 0 amide bonds. The number of nitrogens with one attached hydrogen (secondary N) is 2. The second-order valence-corrected chi connectivity index (χ2v) is 4.96. The van der Waals surface area contributed by atoms with E-state index in [4.69, 9.17) is 4.74 Å². The van der Waals surface area contributed by atoms with Crippen LogP contribution in [0.15, 0.2) is 12.3 Å². The average Bonchev–Trinajstić information content (AvgIpc) is 2.28. The molecule has 5 heteroatoms. The summed E-state index contributed by atoms with van der Waals surface area (Å²) >= 11 is 0. The Kier molecular flexibility index (Phi) is 3.47. The van der Waals surface area contributed by atoms with Crippen LogP contribution in [0.5, 0.6) is 0 Å². The first kappa shape index (κ1) is 12.1. The predicted octanol–water partition coefficient (Wildman–Crippen LogP) is 1.89. The molecule has 2 rings (SSSR count). The Morgan fingerprint density at radius 3 is 3.00 bits per heavy atom. The third-order valence-electron chi connectivity index (χ3n) is 2.93. The van der Waals surface area contributed by atoms with E-state index in [0.29, 0.717) is 12.0 Å². The molecule has 1 aromatic heterocycles. The van der Waals surface area contributed by atoms with E-state index < -0.39 is 0 Å². The van der Waals surface area contributed by atoms with E-state index in [-0.39, 0.29) is 5.60 Å². The van der Waals surface area contributed by atoms with Crippen LogP contribution < -0.4 is 10.6 Å². The highest BCUT2D eigenvalue weighted by molar-refractivity contribution is 5.40. The van der Waals surface area contributed by atoms with Crippen LogP contribution in [0.3, 0.4) is 0 Å². The minimum Gasteiger partial charge on any atom is -0.375 e. The summed E-state index contributed by atoms with van der Waals surface area (Å²) < 4.78 is 5.69. The van der Waals surface area contributed by atoms with E-state index in [1.807, 2.05) is 13.1 Å². The lowest BCUT2D eigenvalue weighted by molar-refractivity contribution is -0.0553. The maximum atomic E-state index is 5.69. The maximum absolute atomic E-state index is 5.69. The molecule has 1 aromatic rings. The van der Waals surface area contributed by atoms with Gasteiger partial charge in [0.2, 0.25) is 5.95 Å². The zero-order valence-electron chi connectivity index (χ0n) is 10.7. The maximum Gasteiger partial charge on any atom is 0.224 e. The van der Waals surface area contributed by atoms with Gasteiger partial charge in [-0.3, -0.25) is 0 Å². The van der Waals surface area contributed by atoms with Gasteiger partial charge in [-0.2, -0.15) is 4.98 Å². The summed E-state index contributed by atoms with van der Waals surface area (Å²) in [4.78, 5) is 8.45. The van der Waals surface area contributed by atoms with Crippen molar-refractivity contribution in [3.8, 4) is 0 Å². The second-order valence-electron chi connectivity index (χ2n) is 4.96. The highest BCUT2D eigenvalue weighted by Gasteiger charge is 2.28. The number of hydrogen-bond donors (Lipinski definition) is 2. The van der Waals surface area contributed by atoms with Crippen molar-refractivity contribution in [2.75, 3.05) is 24.3 Å². The molecule has 0 saturated carbocycles. The minimum atomic E-state index is -0.0468. The fraction of sp³-hybridized carbons (Fsp3) is 0.667. The Hall–Kier alpha value is -1.36. The number of anilines is 2. The van der Waals surface area contributed by atoms with Gasteiger partial charge in [0.1, 0.15) is 5.82 Å². The first-order valence-corrected chi connectivity index (χ1v) is 6.00. The number of rotatable bonds is 3. The van der Waals surface area contributed by atoms with E-state index in [0.717, 1.165) is 25.3 Å². The lowest BCUT2D eigenvalue weighted by atomic mass is 9.94. The molecule has 94 valence electrons. The summed E-state index contributed by atoms with van der Waals surface area (Å²) in [6.45, 7) is 5.05. The Morgan fingerprint density at radius 1 is 1.47 bits per heavy atom. The normalized spacial score (nSPS) is 23.1. The topological polar surface area (TPSA) is 59.1 Å². The second kappa shape index (κ2) is 4.87. The molecular formula is C12H20N4O. The molecule has 0 aromatic carbocycles. The lowest BCUT2D eigenvalue weighted by Gasteiger charge is -2.36. The summed E-state index contributed by atoms with van der Waals surface area (Å²) in [6.07, 6.45) is 3.76. The molecule has 1 aliphatic heterocycles. The molecule has 2 heterocycles. The van der Waals surface area contributed by atoms with Crippen molar-refractivity contribution >= 4 is 11.8 Å². The molecular weight excluding hydrogens is 216 g/mol. The van der Waals surface area contributed by atoms with Gasteiger partial charge < -0.3 is 15.4 Å². The fourth-order valence-electron chi connectivity index (χ4n) is 2.12. The standard InChI is InChI=1S/C12H20N4O/c1-12(2)8-9(5-7-17-12)15-10-4-6-14-11(13-3)16-10/h4,6,9H,5,7-8H2,1-3H3,(H2,13,14,15,16). The van der Waals surface area contributed by atoms with Crippen LogP contribution in [0.4, 0.5) is 11.8 Å². The van der Waals surface area contributed by atoms with Crippen LogP contribution in [0.25, 0.3) is 0 Å². The zero-order valence-corrected chi connectivity index (χ0v) is 10.7. The van der Waals surface area contributed by atoms with Crippen molar-refractivity contribution in [3.63, 3.8) is 0 Å². The molecule has 0 aliphatic carbocycles. The lowest BCUT2D eigenvalue weighted by Crippen LogP contribution is -2.40. The van der Waals surface area contributed by atoms with Crippen LogP contribution in [0, 0.1) is 0 Å². The molecule has 1 saturated heterocycles. The summed E-state index contributed by atoms with van der Waals surface area (Å²) in [7, 11) is 1.82. The van der Waals surface area contributed by atoms with E-state index >= 15 is 0 Å². The number of aromatic nitrogens is 2. The molecule has 1 aliphatic rings. The molecule has 2 N–H and O–H groups in total. The molecule has 1 unspecified atom stereocenters. The minimum absolute atomic E-state index is 0.0468. The van der Waals surface area contributed by atoms with Gasteiger partial charge in [-0.25, -0.2) is 4.98 Å². The van der Waals surface area contributed by atoms with Gasteiger partial charge in [-0.15, -0.1) is 0 Å². The van der Waals surface area contributed by atoms with Crippen molar-refractivity contribution in [1.29, 1.82) is 0 Å². The predicted molar refractivity (Wildman–Crippen MR) is 68.3 cm³/mol. The van der Waals surface area contributed by atoms with E-state index in [9.17, 15) is 0 Å². The van der Waals surface area contributed by atoms with Crippen LogP contribution in [-0.2, 0) is 4.74 Å². The summed E-state index contributed by atoms with van der Waals surface area (Å²) in [5, 5.41) is 6.37. The van der Waals surface area contributed by atoms with Crippen LogP contribution in [-0.4, -0.2) is 35.3 Å². The van der Waals surface area contributed by atoms with Crippen LogP contribution in [0.1, 0.15) is 26.7 Å². The van der Waals surface area contributed by atoms with Crippen molar-refractivity contribution in [1.82, 2.24) is 9.97 Å². The van der Waals surface area contributed by atoms with E-state index in [2.05, 4.69) is 34.4 Å². The van der Waals surface area contributed by atoms with Gasteiger partial charge in [0.25, 0.3) is 0 Å². The Balaban J connectivity index is 2.00. The molecule has 1 fully saturated rings. The Bertz CT molecular complexity index is 381. The molecule has 1 atom stereocenters. The van der Waals surface area contributed by atoms with Crippen molar-refractivity contribution in [3.05, 3.63) is 12.3 Å². The zero-order chi connectivity index (χ0) is 12.3. The molecule has 0 bridgehead atoms. The Morgan fingerprint density at radius 2 is 2.29 bits per heavy atom. The monoisotopic (exact) mass is 236 g/mol. The van der Waals surface area contributed by atoms with Crippen LogP contribution >= 0.6 is 0 Å². The molecule has 5 nitrogen and oxygen atoms in total. The molecule has 0 radical (unpaired) electrons. The number of ether oxygens (including phenoxy) is 1. The summed E-state index contributed by atoms with van der Waals surface area (Å²) in [5.74, 6) is 1.51. The average molecular weight is 236 g/mol. The highest BCUT2D eigenvalue weighted by atomic mass is 16.5. The quantitative estimate of drug-likeness (QED) is 0.839. The summed E-state index contributed by atoms with van der Waals surface area (Å²) in [5.41, 5.74) is -0.0468. The third kappa shape index (κ3) is 3.30. The van der Waals surface area contributed by atoms with Crippen molar-refractivity contribution in [2.45, 2.75) is 38.3 Å². The van der Waals surface area contributed by atoms with Gasteiger partial charge in [0, 0.05) is 25.9 Å². The fourth-order valence-corrected chi connectivity index (χ4v) is 2.12. The summed E-state index contributed by atoms with van der Waals surface area (Å²) in [6, 6.07) is 2.31. The smallest absolute Gasteiger partial charge is 0.224 e. The van der Waals surface area contributed by atoms with Crippen molar-refractivity contribution in [2.24, 2.45) is 0 Å². The Labute approximate surface area is 102 Å². The highest BCUT2D eigenvalue weighted by Crippen LogP contribution is 2.25. The third-order valence-corrected chi connectivity index (χ3v) is 2.93.